The summed E-state index contributed by atoms with van der Waals surface area (Å²) >= 11 is 6.43. The van der Waals surface area contributed by atoms with E-state index in [1.165, 1.54) is 50.8 Å². The zero-order valence-electron chi connectivity index (χ0n) is 18.9. The van der Waals surface area contributed by atoms with Crippen molar-refractivity contribution in [2.45, 2.75) is 45.3 Å². The maximum absolute atomic E-state index is 6.43. The number of nitrogens with zero attached hydrogens (tertiary/aromatic N) is 3. The maximum atomic E-state index is 6.43. The third-order valence-electron chi connectivity index (χ3n) is 6.94. The zero-order valence-corrected chi connectivity index (χ0v) is 19.7. The summed E-state index contributed by atoms with van der Waals surface area (Å²) in [5, 5.41) is 6.11. The molecule has 0 amide bonds. The number of ether oxygens (including phenoxy) is 2. The first kappa shape index (κ1) is 21.1. The van der Waals surface area contributed by atoms with E-state index in [-0.39, 0.29) is 0 Å². The van der Waals surface area contributed by atoms with Crippen molar-refractivity contribution in [2.24, 2.45) is 5.92 Å². The van der Waals surface area contributed by atoms with Crippen LogP contribution >= 0.6 is 11.6 Å². The van der Waals surface area contributed by atoms with Crippen LogP contribution in [0.1, 0.15) is 43.2 Å². The van der Waals surface area contributed by atoms with Crippen molar-refractivity contribution in [3.63, 3.8) is 0 Å². The van der Waals surface area contributed by atoms with Gasteiger partial charge in [0.1, 0.15) is 24.7 Å². The highest BCUT2D eigenvalue weighted by molar-refractivity contribution is 6.34. The first-order valence-corrected chi connectivity index (χ1v) is 12.6. The van der Waals surface area contributed by atoms with Gasteiger partial charge in [-0.25, -0.2) is 0 Å². The molecule has 6 rings (SSSR count). The number of likely N-dealkylation sites (tertiary alicyclic amines) is 1. The molecule has 3 aliphatic rings. The van der Waals surface area contributed by atoms with Crippen molar-refractivity contribution in [3.8, 4) is 11.5 Å². The molecular weight excluding hydrogens is 434 g/mol. The van der Waals surface area contributed by atoms with Crippen molar-refractivity contribution >= 4 is 28.6 Å². The Morgan fingerprint density at radius 3 is 2.79 bits per heavy atom. The van der Waals surface area contributed by atoms with Crippen LogP contribution in [-0.4, -0.2) is 40.9 Å². The van der Waals surface area contributed by atoms with E-state index in [1.807, 2.05) is 16.8 Å². The monoisotopic (exact) mass is 463 g/mol. The van der Waals surface area contributed by atoms with E-state index in [0.29, 0.717) is 18.4 Å². The van der Waals surface area contributed by atoms with Gasteiger partial charge in [-0.2, -0.15) is 5.10 Å². The Bertz CT molecular complexity index is 1190. The van der Waals surface area contributed by atoms with Crippen LogP contribution in [0.3, 0.4) is 0 Å². The highest BCUT2D eigenvalue weighted by atomic mass is 35.5. The minimum absolute atomic E-state index is 0.481. The fraction of sp³-hybridized carbons (Fsp3) is 0.444. The van der Waals surface area contributed by atoms with Gasteiger partial charge in [0.25, 0.3) is 0 Å². The molecule has 1 aromatic heterocycles. The van der Waals surface area contributed by atoms with Gasteiger partial charge in [0.05, 0.1) is 5.52 Å². The molecule has 0 radical (unpaired) electrons. The number of fused-ring (bicyclic) bond motifs is 2. The fourth-order valence-corrected chi connectivity index (χ4v) is 5.15. The van der Waals surface area contributed by atoms with Gasteiger partial charge in [-0.15, -0.1) is 0 Å². The van der Waals surface area contributed by atoms with E-state index >= 15 is 0 Å². The lowest BCUT2D eigenvalue weighted by Gasteiger charge is -2.29. The van der Waals surface area contributed by atoms with Crippen LogP contribution in [-0.2, 0) is 13.2 Å². The Morgan fingerprint density at radius 2 is 1.94 bits per heavy atom. The normalized spacial score (nSPS) is 18.6. The fourth-order valence-electron chi connectivity index (χ4n) is 4.90. The van der Waals surface area contributed by atoms with Gasteiger partial charge in [0, 0.05) is 30.1 Å². The Kier molecular flexibility index (Phi) is 5.77. The molecule has 1 saturated heterocycles. The van der Waals surface area contributed by atoms with Gasteiger partial charge in [0.2, 0.25) is 0 Å². The average Bonchev–Trinajstić information content (AvgIpc) is 3.61. The Hall–Kier alpha value is -2.50. The SMILES string of the molecule is Clc1nn(CC2CC2)c2ccc(COc3ccc4c(c3)OCC(CN3CCCCC3)=C4)cc12. The summed E-state index contributed by atoms with van der Waals surface area (Å²) in [4.78, 5) is 2.54. The summed E-state index contributed by atoms with van der Waals surface area (Å²) in [5.41, 5.74) is 4.67. The Balaban J connectivity index is 1.12. The van der Waals surface area contributed by atoms with Crippen molar-refractivity contribution < 1.29 is 9.47 Å². The van der Waals surface area contributed by atoms with Crippen LogP contribution < -0.4 is 9.47 Å². The second kappa shape index (κ2) is 9.03. The predicted molar refractivity (Wildman–Crippen MR) is 132 cm³/mol. The van der Waals surface area contributed by atoms with Gasteiger partial charge >= 0.3 is 0 Å². The molecule has 0 bridgehead atoms. The number of hydrogen-bond acceptors (Lipinski definition) is 4. The van der Waals surface area contributed by atoms with Crippen LogP contribution in [0.2, 0.25) is 5.15 Å². The molecule has 0 unspecified atom stereocenters. The number of hydrogen-bond donors (Lipinski definition) is 0. The van der Waals surface area contributed by atoms with Crippen LogP contribution in [0.4, 0.5) is 0 Å². The van der Waals surface area contributed by atoms with E-state index < -0.39 is 0 Å². The quantitative estimate of drug-likeness (QED) is 0.434. The summed E-state index contributed by atoms with van der Waals surface area (Å²) < 4.78 is 14.2. The van der Waals surface area contributed by atoms with Gasteiger partial charge in [0.15, 0.2) is 5.15 Å². The van der Waals surface area contributed by atoms with Crippen molar-refractivity contribution in [2.75, 3.05) is 26.2 Å². The molecule has 1 saturated carbocycles. The summed E-state index contributed by atoms with van der Waals surface area (Å²) in [6.07, 6.45) is 8.87. The lowest BCUT2D eigenvalue weighted by Crippen LogP contribution is -2.32. The maximum Gasteiger partial charge on any atom is 0.158 e. The van der Waals surface area contributed by atoms with E-state index in [9.17, 15) is 0 Å². The highest BCUT2D eigenvalue weighted by Gasteiger charge is 2.23. The van der Waals surface area contributed by atoms with E-state index in [1.54, 1.807) is 0 Å². The third kappa shape index (κ3) is 4.75. The number of benzene rings is 2. The van der Waals surface area contributed by atoms with Crippen molar-refractivity contribution in [1.82, 2.24) is 14.7 Å². The van der Waals surface area contributed by atoms with Crippen LogP contribution in [0.15, 0.2) is 42.0 Å². The first-order chi connectivity index (χ1) is 16.2. The van der Waals surface area contributed by atoms with E-state index in [0.717, 1.165) is 52.5 Å². The summed E-state index contributed by atoms with van der Waals surface area (Å²) in [6, 6.07) is 12.4. The Labute approximate surface area is 199 Å². The lowest BCUT2D eigenvalue weighted by atomic mass is 10.1. The molecule has 172 valence electrons. The average molecular weight is 464 g/mol. The molecule has 2 fully saturated rings. The summed E-state index contributed by atoms with van der Waals surface area (Å²) in [7, 11) is 0. The first-order valence-electron chi connectivity index (χ1n) is 12.2. The van der Waals surface area contributed by atoms with Crippen LogP contribution in [0.5, 0.6) is 11.5 Å². The molecule has 0 N–H and O–H groups in total. The largest absolute Gasteiger partial charge is 0.489 e. The molecule has 33 heavy (non-hydrogen) atoms. The topological polar surface area (TPSA) is 39.5 Å². The number of rotatable bonds is 7. The smallest absolute Gasteiger partial charge is 0.158 e. The second-order valence-electron chi connectivity index (χ2n) is 9.68. The molecule has 3 heterocycles. The second-order valence-corrected chi connectivity index (χ2v) is 10.0. The van der Waals surface area contributed by atoms with E-state index in [2.05, 4.69) is 40.3 Å². The minimum Gasteiger partial charge on any atom is -0.489 e. The molecule has 1 aliphatic carbocycles. The number of piperidine rings is 1. The van der Waals surface area contributed by atoms with Crippen LogP contribution in [0, 0.1) is 5.92 Å². The van der Waals surface area contributed by atoms with Crippen LogP contribution in [0.25, 0.3) is 17.0 Å². The van der Waals surface area contributed by atoms with Gasteiger partial charge in [-0.05, 0) is 86.2 Å². The molecule has 2 aromatic carbocycles. The molecule has 2 aliphatic heterocycles. The highest BCUT2D eigenvalue weighted by Crippen LogP contribution is 2.34. The molecule has 5 nitrogen and oxygen atoms in total. The molecule has 6 heteroatoms. The standard InChI is InChI=1S/C27H30ClN3O2/c28-27-24-13-20(6-9-25(24)31(29-27)16-19-4-5-19)17-32-23-8-7-22-12-21(18-33-26(22)14-23)15-30-10-2-1-3-11-30/h6-9,12-14,19H,1-5,10-11,15-18H2. The predicted octanol–water partition coefficient (Wildman–Crippen LogP) is 5.94. The molecule has 0 atom stereocenters. The molecule has 0 spiro atoms. The molecule has 3 aromatic rings. The lowest BCUT2D eigenvalue weighted by molar-refractivity contribution is 0.234. The van der Waals surface area contributed by atoms with Gasteiger partial charge in [-0.3, -0.25) is 9.58 Å². The van der Waals surface area contributed by atoms with Gasteiger partial charge < -0.3 is 9.47 Å². The van der Waals surface area contributed by atoms with E-state index in [4.69, 9.17) is 21.1 Å². The Morgan fingerprint density at radius 1 is 1.06 bits per heavy atom. The van der Waals surface area contributed by atoms with Crippen molar-refractivity contribution in [3.05, 3.63) is 58.3 Å². The summed E-state index contributed by atoms with van der Waals surface area (Å²) in [5.74, 6) is 2.47. The van der Waals surface area contributed by atoms with Crippen molar-refractivity contribution in [1.29, 1.82) is 0 Å². The van der Waals surface area contributed by atoms with Gasteiger partial charge in [-0.1, -0.05) is 24.1 Å². The minimum atomic E-state index is 0.481. The summed E-state index contributed by atoms with van der Waals surface area (Å²) in [6.45, 7) is 5.52. The third-order valence-corrected chi connectivity index (χ3v) is 7.22. The number of aromatic nitrogens is 2. The number of halogens is 1. The molecular formula is C27H30ClN3O2. The zero-order chi connectivity index (χ0) is 22.2.